The summed E-state index contributed by atoms with van der Waals surface area (Å²) >= 11 is 0. The largest absolute Gasteiger partial charge is 0.459 e. The smallest absolute Gasteiger partial charge is 0.289 e. The van der Waals surface area contributed by atoms with Crippen LogP contribution in [0.4, 0.5) is 0 Å². The van der Waals surface area contributed by atoms with Crippen molar-refractivity contribution in [1.82, 2.24) is 14.7 Å². The van der Waals surface area contributed by atoms with Gasteiger partial charge in [-0.2, -0.15) is 5.10 Å². The van der Waals surface area contributed by atoms with Crippen molar-refractivity contribution in [3.8, 4) is 5.69 Å². The summed E-state index contributed by atoms with van der Waals surface area (Å²) in [5.74, 6) is 0.208. The summed E-state index contributed by atoms with van der Waals surface area (Å²) in [6, 6.07) is 13.4. The van der Waals surface area contributed by atoms with Crippen LogP contribution in [0.5, 0.6) is 0 Å². The molecule has 0 unspecified atom stereocenters. The number of para-hydroxylation sites is 1. The normalized spacial score (nSPS) is 10.7. The summed E-state index contributed by atoms with van der Waals surface area (Å²) in [6.45, 7) is 4.48. The molecule has 3 rings (SSSR count). The zero-order valence-corrected chi connectivity index (χ0v) is 13.5. The fourth-order valence-corrected chi connectivity index (χ4v) is 2.62. The Kier molecular flexibility index (Phi) is 4.02. The van der Waals surface area contributed by atoms with Crippen molar-refractivity contribution in [2.24, 2.45) is 0 Å². The molecule has 3 aromatic rings. The zero-order chi connectivity index (χ0) is 16.4. The molecule has 0 atom stereocenters. The second-order valence-corrected chi connectivity index (χ2v) is 5.54. The predicted octanol–water partition coefficient (Wildman–Crippen LogP) is 3.35. The maximum absolute atomic E-state index is 12.3. The quantitative estimate of drug-likeness (QED) is 0.742. The molecule has 5 nitrogen and oxygen atoms in total. The number of amides is 1. The van der Waals surface area contributed by atoms with Gasteiger partial charge in [-0.25, -0.2) is 4.68 Å². The van der Waals surface area contributed by atoms with Crippen molar-refractivity contribution in [3.63, 3.8) is 0 Å². The van der Waals surface area contributed by atoms with E-state index in [0.29, 0.717) is 12.3 Å². The Morgan fingerprint density at radius 1 is 1.17 bits per heavy atom. The lowest BCUT2D eigenvalue weighted by Gasteiger charge is -2.16. The van der Waals surface area contributed by atoms with E-state index >= 15 is 0 Å². The number of carbonyl (C=O) groups is 1. The van der Waals surface area contributed by atoms with Crippen molar-refractivity contribution >= 4 is 5.91 Å². The number of furan rings is 1. The molecule has 0 bridgehead atoms. The van der Waals surface area contributed by atoms with Crippen LogP contribution in [0.3, 0.4) is 0 Å². The van der Waals surface area contributed by atoms with E-state index in [4.69, 9.17) is 4.42 Å². The molecule has 5 heteroatoms. The van der Waals surface area contributed by atoms with E-state index in [1.807, 2.05) is 48.9 Å². The first-order valence-electron chi connectivity index (χ1n) is 7.47. The molecule has 1 amide bonds. The van der Waals surface area contributed by atoms with Crippen molar-refractivity contribution in [2.75, 3.05) is 7.05 Å². The second kappa shape index (κ2) is 6.12. The molecule has 0 aliphatic heterocycles. The van der Waals surface area contributed by atoms with Gasteiger partial charge in [0.15, 0.2) is 5.76 Å². The van der Waals surface area contributed by atoms with Crippen LogP contribution < -0.4 is 0 Å². The third kappa shape index (κ3) is 2.90. The number of hydrogen-bond acceptors (Lipinski definition) is 3. The van der Waals surface area contributed by atoms with Gasteiger partial charge in [0.2, 0.25) is 0 Å². The van der Waals surface area contributed by atoms with E-state index < -0.39 is 0 Å². The van der Waals surface area contributed by atoms with Crippen LogP contribution in [0.2, 0.25) is 0 Å². The molecule has 118 valence electrons. The molecule has 23 heavy (non-hydrogen) atoms. The average molecular weight is 309 g/mol. The van der Waals surface area contributed by atoms with E-state index in [-0.39, 0.29) is 5.91 Å². The molecule has 0 aliphatic carbocycles. The van der Waals surface area contributed by atoms with Crippen LogP contribution in [0.25, 0.3) is 5.69 Å². The Morgan fingerprint density at radius 2 is 1.91 bits per heavy atom. The molecule has 2 aromatic heterocycles. The minimum atomic E-state index is -0.138. The van der Waals surface area contributed by atoms with Crippen LogP contribution in [0.1, 0.15) is 27.5 Å². The first-order valence-corrected chi connectivity index (χ1v) is 7.47. The number of rotatable bonds is 4. The van der Waals surface area contributed by atoms with Gasteiger partial charge in [-0.3, -0.25) is 4.79 Å². The molecular formula is C18H19N3O2. The number of aryl methyl sites for hydroxylation is 1. The number of carbonyl (C=O) groups excluding carboxylic acids is 1. The molecule has 1 aromatic carbocycles. The molecule has 0 aliphatic rings. The minimum absolute atomic E-state index is 0.138. The van der Waals surface area contributed by atoms with Crippen molar-refractivity contribution in [1.29, 1.82) is 0 Å². The molecule has 0 radical (unpaired) electrons. The molecule has 0 fully saturated rings. The Labute approximate surface area is 135 Å². The van der Waals surface area contributed by atoms with Crippen LogP contribution >= 0.6 is 0 Å². The van der Waals surface area contributed by atoms with Crippen LogP contribution in [-0.2, 0) is 6.54 Å². The predicted molar refractivity (Wildman–Crippen MR) is 87.5 cm³/mol. The summed E-state index contributed by atoms with van der Waals surface area (Å²) in [5.41, 5.74) is 4.02. The van der Waals surface area contributed by atoms with Gasteiger partial charge in [0.25, 0.3) is 5.91 Å². The van der Waals surface area contributed by atoms with E-state index in [0.717, 1.165) is 22.6 Å². The molecule has 0 N–H and O–H groups in total. The Bertz CT molecular complexity index is 804. The van der Waals surface area contributed by atoms with Gasteiger partial charge in [-0.1, -0.05) is 18.2 Å². The van der Waals surface area contributed by atoms with Gasteiger partial charge in [0, 0.05) is 24.8 Å². The lowest BCUT2D eigenvalue weighted by atomic mass is 10.2. The highest BCUT2D eigenvalue weighted by molar-refractivity contribution is 5.91. The standard InChI is InChI=1S/C18H19N3O2/c1-13-16(12-20(3)18(22)17-10-7-11-23-17)14(2)21(19-13)15-8-5-4-6-9-15/h4-11H,12H2,1-3H3. The lowest BCUT2D eigenvalue weighted by molar-refractivity contribution is 0.0753. The summed E-state index contributed by atoms with van der Waals surface area (Å²) in [7, 11) is 1.77. The highest BCUT2D eigenvalue weighted by atomic mass is 16.3. The van der Waals surface area contributed by atoms with Gasteiger partial charge in [-0.05, 0) is 38.1 Å². The van der Waals surface area contributed by atoms with Gasteiger partial charge in [0.1, 0.15) is 0 Å². The van der Waals surface area contributed by atoms with Crippen molar-refractivity contribution in [3.05, 3.63) is 71.4 Å². The highest BCUT2D eigenvalue weighted by Gasteiger charge is 2.19. The number of aromatic nitrogens is 2. The van der Waals surface area contributed by atoms with Gasteiger partial charge < -0.3 is 9.32 Å². The highest BCUT2D eigenvalue weighted by Crippen LogP contribution is 2.20. The SMILES string of the molecule is Cc1nn(-c2ccccc2)c(C)c1CN(C)C(=O)c1ccco1. The van der Waals surface area contributed by atoms with E-state index in [9.17, 15) is 4.79 Å². The fraction of sp³-hybridized carbons (Fsp3) is 0.222. The summed E-state index contributed by atoms with van der Waals surface area (Å²) in [6.07, 6.45) is 1.50. The van der Waals surface area contributed by atoms with E-state index in [1.165, 1.54) is 6.26 Å². The third-order valence-corrected chi connectivity index (χ3v) is 3.92. The maximum atomic E-state index is 12.3. The van der Waals surface area contributed by atoms with Gasteiger partial charge in [0.05, 0.1) is 17.6 Å². The van der Waals surface area contributed by atoms with Crippen LogP contribution in [0.15, 0.2) is 53.1 Å². The molecule has 2 heterocycles. The molecule has 0 saturated carbocycles. The molecule has 0 spiro atoms. The van der Waals surface area contributed by atoms with Crippen molar-refractivity contribution in [2.45, 2.75) is 20.4 Å². The zero-order valence-electron chi connectivity index (χ0n) is 13.5. The molecule has 0 saturated heterocycles. The summed E-state index contributed by atoms with van der Waals surface area (Å²) in [5, 5.41) is 4.61. The summed E-state index contributed by atoms with van der Waals surface area (Å²) in [4.78, 5) is 14.0. The number of nitrogens with zero attached hydrogens (tertiary/aromatic N) is 3. The third-order valence-electron chi connectivity index (χ3n) is 3.92. The van der Waals surface area contributed by atoms with Crippen LogP contribution in [-0.4, -0.2) is 27.6 Å². The number of benzene rings is 1. The second-order valence-electron chi connectivity index (χ2n) is 5.54. The Balaban J connectivity index is 1.86. The number of hydrogen-bond donors (Lipinski definition) is 0. The maximum Gasteiger partial charge on any atom is 0.289 e. The fourth-order valence-electron chi connectivity index (χ4n) is 2.62. The van der Waals surface area contributed by atoms with Crippen LogP contribution in [0, 0.1) is 13.8 Å². The Morgan fingerprint density at radius 3 is 2.57 bits per heavy atom. The van der Waals surface area contributed by atoms with Gasteiger partial charge in [-0.15, -0.1) is 0 Å². The van der Waals surface area contributed by atoms with E-state index in [2.05, 4.69) is 5.10 Å². The average Bonchev–Trinajstić information content (AvgIpc) is 3.19. The monoisotopic (exact) mass is 309 g/mol. The minimum Gasteiger partial charge on any atom is -0.459 e. The molecular weight excluding hydrogens is 290 g/mol. The van der Waals surface area contributed by atoms with E-state index in [1.54, 1.807) is 24.1 Å². The summed E-state index contributed by atoms with van der Waals surface area (Å²) < 4.78 is 7.09. The van der Waals surface area contributed by atoms with Crippen molar-refractivity contribution < 1.29 is 9.21 Å². The first-order chi connectivity index (χ1) is 11.1. The Hall–Kier alpha value is -2.82. The topological polar surface area (TPSA) is 51.3 Å². The van der Waals surface area contributed by atoms with Gasteiger partial charge >= 0.3 is 0 Å². The first kappa shape index (κ1) is 15.1. The lowest BCUT2D eigenvalue weighted by Crippen LogP contribution is -2.26.